The molecule has 0 aliphatic carbocycles. The summed E-state index contributed by atoms with van der Waals surface area (Å²) in [5.41, 5.74) is 1.14. The molecule has 0 saturated carbocycles. The molecule has 0 amide bonds. The maximum Gasteiger partial charge on any atom is 0.193 e. The zero-order chi connectivity index (χ0) is 13.1. The molecule has 0 atom stereocenters. The summed E-state index contributed by atoms with van der Waals surface area (Å²) in [6.07, 6.45) is 6.56. The van der Waals surface area contributed by atoms with Gasteiger partial charge in [0, 0.05) is 37.4 Å². The molecular weight excluding hydrogens is 262 g/mol. The lowest BCUT2D eigenvalue weighted by Gasteiger charge is -2.31. The van der Waals surface area contributed by atoms with Crippen LogP contribution < -0.4 is 0 Å². The van der Waals surface area contributed by atoms with Gasteiger partial charge in [0.1, 0.15) is 0 Å². The molecule has 5 nitrogen and oxygen atoms in total. The van der Waals surface area contributed by atoms with Gasteiger partial charge in [0.2, 0.25) is 0 Å². The van der Waals surface area contributed by atoms with E-state index in [9.17, 15) is 0 Å². The smallest absolute Gasteiger partial charge is 0.193 e. The van der Waals surface area contributed by atoms with Gasteiger partial charge in [-0.2, -0.15) is 0 Å². The lowest BCUT2D eigenvalue weighted by molar-refractivity contribution is -0.00916. The number of hydrogen-bond donors (Lipinski definition) is 1. The highest BCUT2D eigenvalue weighted by atomic mass is 32.1. The van der Waals surface area contributed by atoms with Crippen LogP contribution in [0, 0.1) is 0 Å². The Hall–Kier alpha value is -0.950. The van der Waals surface area contributed by atoms with E-state index in [1.807, 2.05) is 6.20 Å². The summed E-state index contributed by atoms with van der Waals surface area (Å²) in [5.74, 6) is 0. The monoisotopic (exact) mass is 281 g/mol. The maximum absolute atomic E-state index is 8.75. The topological polar surface area (TPSA) is 50.0 Å². The van der Waals surface area contributed by atoms with Crippen molar-refractivity contribution in [1.29, 1.82) is 0 Å². The van der Waals surface area contributed by atoms with Gasteiger partial charge in [-0.1, -0.05) is 0 Å². The molecule has 2 aromatic rings. The summed E-state index contributed by atoms with van der Waals surface area (Å²) in [7, 11) is 0. The normalized spacial score (nSPS) is 18.4. The minimum atomic E-state index is 0.117. The molecule has 0 spiro atoms. The zero-order valence-electron chi connectivity index (χ0n) is 10.9. The highest BCUT2D eigenvalue weighted by Gasteiger charge is 2.20. The Labute approximate surface area is 116 Å². The van der Waals surface area contributed by atoms with E-state index < -0.39 is 0 Å². The largest absolute Gasteiger partial charge is 0.394 e. The molecule has 1 N–H and O–H groups in total. The molecule has 2 aromatic heterocycles. The number of rotatable bonds is 5. The lowest BCUT2D eigenvalue weighted by atomic mass is 10.1. The van der Waals surface area contributed by atoms with Gasteiger partial charge in [-0.15, -0.1) is 11.3 Å². The van der Waals surface area contributed by atoms with Crippen LogP contribution in [0.5, 0.6) is 0 Å². The molecule has 1 aliphatic rings. The van der Waals surface area contributed by atoms with Crippen molar-refractivity contribution in [1.82, 2.24) is 14.3 Å². The Kier molecular flexibility index (Phi) is 4.12. The first-order chi connectivity index (χ1) is 9.35. The van der Waals surface area contributed by atoms with Crippen LogP contribution in [0.15, 0.2) is 17.8 Å². The Balaban J connectivity index is 1.50. The molecule has 0 aromatic carbocycles. The Morgan fingerprint density at radius 2 is 2.26 bits per heavy atom. The molecular formula is C13H19N3O2S. The molecule has 3 rings (SSSR count). The van der Waals surface area contributed by atoms with E-state index in [1.54, 1.807) is 11.3 Å². The number of nitrogens with zero attached hydrogens (tertiary/aromatic N) is 3. The maximum atomic E-state index is 8.75. The van der Waals surface area contributed by atoms with E-state index in [0.29, 0.717) is 12.7 Å². The Bertz CT molecular complexity index is 488. The standard InChI is InChI=1S/C13H19N3O2S/c17-6-7-18-12-1-3-15(4-2-12)9-11-10-16-5-8-19-13(16)14-11/h5,8,10,12,17H,1-4,6-7,9H2. The number of hydrogen-bond acceptors (Lipinski definition) is 5. The van der Waals surface area contributed by atoms with E-state index in [2.05, 4.69) is 25.9 Å². The van der Waals surface area contributed by atoms with Crippen molar-refractivity contribution in [3.8, 4) is 0 Å². The van der Waals surface area contributed by atoms with Crippen LogP contribution in [0.3, 0.4) is 0 Å². The average Bonchev–Trinajstić information content (AvgIpc) is 2.99. The summed E-state index contributed by atoms with van der Waals surface area (Å²) < 4.78 is 7.65. The predicted octanol–water partition coefficient (Wildman–Crippen LogP) is 1.37. The number of piperidine rings is 1. The first kappa shape index (κ1) is 13.1. The highest BCUT2D eigenvalue weighted by Crippen LogP contribution is 2.17. The van der Waals surface area contributed by atoms with E-state index in [-0.39, 0.29) is 6.61 Å². The molecule has 19 heavy (non-hydrogen) atoms. The third kappa shape index (κ3) is 3.14. The van der Waals surface area contributed by atoms with Crippen molar-refractivity contribution in [3.63, 3.8) is 0 Å². The molecule has 1 saturated heterocycles. The molecule has 0 radical (unpaired) electrons. The lowest BCUT2D eigenvalue weighted by Crippen LogP contribution is -2.37. The molecule has 1 fully saturated rings. The van der Waals surface area contributed by atoms with E-state index in [0.717, 1.165) is 43.1 Å². The van der Waals surface area contributed by atoms with Crippen molar-refractivity contribution >= 4 is 16.3 Å². The number of aliphatic hydroxyl groups excluding tert-OH is 1. The molecule has 0 unspecified atom stereocenters. The summed E-state index contributed by atoms with van der Waals surface area (Å²) in [5, 5.41) is 10.8. The first-order valence-electron chi connectivity index (χ1n) is 6.71. The number of ether oxygens (including phenoxy) is 1. The van der Waals surface area contributed by atoms with Crippen molar-refractivity contribution in [3.05, 3.63) is 23.5 Å². The van der Waals surface area contributed by atoms with Crippen LogP contribution in [0.1, 0.15) is 18.5 Å². The molecule has 104 valence electrons. The molecule has 6 heteroatoms. The zero-order valence-corrected chi connectivity index (χ0v) is 11.7. The van der Waals surface area contributed by atoms with Crippen molar-refractivity contribution < 1.29 is 9.84 Å². The quantitative estimate of drug-likeness (QED) is 0.899. The second kappa shape index (κ2) is 6.00. The van der Waals surface area contributed by atoms with Gasteiger partial charge in [-0.3, -0.25) is 9.30 Å². The number of fused-ring (bicyclic) bond motifs is 1. The summed E-state index contributed by atoms with van der Waals surface area (Å²) in [4.78, 5) is 8.10. The molecule has 1 aliphatic heterocycles. The van der Waals surface area contributed by atoms with Crippen LogP contribution in [-0.2, 0) is 11.3 Å². The Morgan fingerprint density at radius 3 is 3.00 bits per heavy atom. The fourth-order valence-electron chi connectivity index (χ4n) is 2.53. The third-order valence-electron chi connectivity index (χ3n) is 3.51. The minimum Gasteiger partial charge on any atom is -0.394 e. The second-order valence-electron chi connectivity index (χ2n) is 4.89. The van der Waals surface area contributed by atoms with Crippen LogP contribution >= 0.6 is 11.3 Å². The fourth-order valence-corrected chi connectivity index (χ4v) is 3.25. The van der Waals surface area contributed by atoms with Gasteiger partial charge in [-0.05, 0) is 12.8 Å². The van der Waals surface area contributed by atoms with E-state index >= 15 is 0 Å². The highest BCUT2D eigenvalue weighted by molar-refractivity contribution is 7.15. The van der Waals surface area contributed by atoms with Crippen molar-refractivity contribution in [2.75, 3.05) is 26.3 Å². The van der Waals surface area contributed by atoms with Crippen molar-refractivity contribution in [2.45, 2.75) is 25.5 Å². The van der Waals surface area contributed by atoms with Crippen LogP contribution in [0.25, 0.3) is 4.96 Å². The van der Waals surface area contributed by atoms with Gasteiger partial charge in [0.05, 0.1) is 25.0 Å². The number of aliphatic hydroxyl groups is 1. The summed E-state index contributed by atoms with van der Waals surface area (Å²) in [6, 6.07) is 0. The van der Waals surface area contributed by atoms with E-state index in [4.69, 9.17) is 9.84 Å². The predicted molar refractivity (Wildman–Crippen MR) is 74.4 cm³/mol. The Morgan fingerprint density at radius 1 is 1.42 bits per heavy atom. The fraction of sp³-hybridized carbons (Fsp3) is 0.615. The number of imidazole rings is 1. The van der Waals surface area contributed by atoms with Crippen LogP contribution in [-0.4, -0.2) is 51.8 Å². The molecule has 0 bridgehead atoms. The molecule has 3 heterocycles. The van der Waals surface area contributed by atoms with Crippen LogP contribution in [0.2, 0.25) is 0 Å². The number of thiazole rings is 1. The SMILES string of the molecule is OCCOC1CCN(Cc2cn3ccsc3n2)CC1. The second-order valence-corrected chi connectivity index (χ2v) is 5.77. The van der Waals surface area contributed by atoms with E-state index in [1.165, 1.54) is 0 Å². The average molecular weight is 281 g/mol. The van der Waals surface area contributed by atoms with Gasteiger partial charge in [0.15, 0.2) is 4.96 Å². The number of aromatic nitrogens is 2. The van der Waals surface area contributed by atoms with Crippen LogP contribution in [0.4, 0.5) is 0 Å². The van der Waals surface area contributed by atoms with Gasteiger partial charge in [0.25, 0.3) is 0 Å². The van der Waals surface area contributed by atoms with Gasteiger partial charge >= 0.3 is 0 Å². The van der Waals surface area contributed by atoms with Crippen molar-refractivity contribution in [2.24, 2.45) is 0 Å². The van der Waals surface area contributed by atoms with Gasteiger partial charge in [-0.25, -0.2) is 4.98 Å². The first-order valence-corrected chi connectivity index (χ1v) is 7.59. The third-order valence-corrected chi connectivity index (χ3v) is 4.28. The number of likely N-dealkylation sites (tertiary alicyclic amines) is 1. The van der Waals surface area contributed by atoms with Gasteiger partial charge < -0.3 is 9.84 Å². The minimum absolute atomic E-state index is 0.117. The summed E-state index contributed by atoms with van der Waals surface area (Å²) in [6.45, 7) is 3.58. The summed E-state index contributed by atoms with van der Waals surface area (Å²) >= 11 is 1.67.